The highest BCUT2D eigenvalue weighted by Gasteiger charge is 2.43. The van der Waals surface area contributed by atoms with E-state index in [1.807, 2.05) is 12.1 Å². The van der Waals surface area contributed by atoms with Gasteiger partial charge in [-0.1, -0.05) is 0 Å². The number of nitrogens with one attached hydrogen (secondary N) is 1. The van der Waals surface area contributed by atoms with Crippen LogP contribution in [0.1, 0.15) is 24.8 Å². The van der Waals surface area contributed by atoms with Gasteiger partial charge in [-0.25, -0.2) is 4.79 Å². The highest BCUT2D eigenvalue weighted by molar-refractivity contribution is 5.70. The lowest BCUT2D eigenvalue weighted by Crippen LogP contribution is -2.50. The molecule has 0 radical (unpaired) electrons. The third-order valence-corrected chi connectivity index (χ3v) is 5.03. The molecule has 3 heterocycles. The van der Waals surface area contributed by atoms with Crippen LogP contribution < -0.4 is 19.5 Å². The summed E-state index contributed by atoms with van der Waals surface area (Å²) in [7, 11) is 1.67. The Bertz CT molecular complexity index is 665. The monoisotopic (exact) mass is 348 g/mol. The molecule has 0 saturated carbocycles. The molecule has 1 amide bonds. The first-order chi connectivity index (χ1) is 12.2. The van der Waals surface area contributed by atoms with Gasteiger partial charge < -0.3 is 24.3 Å². The van der Waals surface area contributed by atoms with Crippen LogP contribution in [0.2, 0.25) is 0 Å². The van der Waals surface area contributed by atoms with Crippen LogP contribution in [-0.4, -0.2) is 56.6 Å². The molecule has 1 aromatic carbocycles. The van der Waals surface area contributed by atoms with Gasteiger partial charge in [-0.2, -0.15) is 0 Å². The van der Waals surface area contributed by atoms with Gasteiger partial charge in [0.2, 0.25) is 0 Å². The first-order valence-electron chi connectivity index (χ1n) is 8.83. The van der Waals surface area contributed by atoms with Crippen LogP contribution in [0, 0.1) is 0 Å². The van der Waals surface area contributed by atoms with Crippen LogP contribution >= 0.6 is 0 Å². The van der Waals surface area contributed by atoms with Gasteiger partial charge in [0.15, 0.2) is 11.5 Å². The molecule has 136 valence electrons. The van der Waals surface area contributed by atoms with Gasteiger partial charge in [0.1, 0.15) is 11.4 Å². The Morgan fingerprint density at radius 1 is 1.24 bits per heavy atom. The number of fused-ring (bicyclic) bond motifs is 1. The molecule has 0 unspecified atom stereocenters. The van der Waals surface area contributed by atoms with E-state index in [-0.39, 0.29) is 6.09 Å². The minimum atomic E-state index is -0.395. The van der Waals surface area contributed by atoms with E-state index >= 15 is 0 Å². The molecule has 0 aliphatic carbocycles. The SMILES string of the molecule is COc1cc2c(cc1CN1CCC[C@]3(CNC(=O)O3)C1)OCCCO2. The number of benzene rings is 1. The summed E-state index contributed by atoms with van der Waals surface area (Å²) in [5.74, 6) is 2.31. The first-order valence-corrected chi connectivity index (χ1v) is 8.83. The van der Waals surface area contributed by atoms with E-state index in [0.717, 1.165) is 61.7 Å². The van der Waals surface area contributed by atoms with Crippen molar-refractivity contribution in [3.63, 3.8) is 0 Å². The number of piperidine rings is 1. The summed E-state index contributed by atoms with van der Waals surface area (Å²) in [6, 6.07) is 3.92. The lowest BCUT2D eigenvalue weighted by Gasteiger charge is -2.38. The minimum absolute atomic E-state index is 0.310. The van der Waals surface area contributed by atoms with Gasteiger partial charge >= 0.3 is 6.09 Å². The number of hydrogen-bond donors (Lipinski definition) is 1. The second kappa shape index (κ2) is 6.63. The van der Waals surface area contributed by atoms with E-state index < -0.39 is 5.60 Å². The van der Waals surface area contributed by atoms with Crippen LogP contribution in [0.3, 0.4) is 0 Å². The van der Waals surface area contributed by atoms with Crippen molar-refractivity contribution in [1.29, 1.82) is 0 Å². The van der Waals surface area contributed by atoms with E-state index in [0.29, 0.717) is 19.8 Å². The van der Waals surface area contributed by atoms with Crippen molar-refractivity contribution in [2.75, 3.05) is 40.0 Å². The molecular formula is C18H24N2O5. The molecule has 1 aromatic rings. The fourth-order valence-corrected chi connectivity index (χ4v) is 3.84. The van der Waals surface area contributed by atoms with E-state index in [4.69, 9.17) is 18.9 Å². The van der Waals surface area contributed by atoms with Gasteiger partial charge in [0, 0.05) is 31.1 Å². The van der Waals surface area contributed by atoms with Gasteiger partial charge in [0.05, 0.1) is 26.9 Å². The molecule has 1 spiro atoms. The van der Waals surface area contributed by atoms with Crippen LogP contribution in [-0.2, 0) is 11.3 Å². The van der Waals surface area contributed by atoms with Crippen molar-refractivity contribution < 1.29 is 23.7 Å². The quantitative estimate of drug-likeness (QED) is 0.900. The lowest BCUT2D eigenvalue weighted by molar-refractivity contribution is -0.0112. The standard InChI is InChI=1S/C18H24N2O5/c1-22-14-9-16-15(23-6-3-7-24-16)8-13(14)10-20-5-2-4-18(12-20)11-19-17(21)25-18/h8-9H,2-7,10-12H2,1H3,(H,19,21)/t18-/m0/s1. The van der Waals surface area contributed by atoms with E-state index in [9.17, 15) is 4.79 Å². The number of nitrogens with zero attached hydrogens (tertiary/aromatic N) is 1. The Hall–Kier alpha value is -2.15. The van der Waals surface area contributed by atoms with E-state index in [1.54, 1.807) is 7.11 Å². The molecule has 25 heavy (non-hydrogen) atoms. The number of ether oxygens (including phenoxy) is 4. The Balaban J connectivity index is 1.53. The number of alkyl carbamates (subject to hydrolysis) is 1. The molecule has 0 bridgehead atoms. The van der Waals surface area contributed by atoms with Crippen LogP contribution in [0.4, 0.5) is 4.79 Å². The molecule has 3 aliphatic rings. The number of likely N-dealkylation sites (tertiary alicyclic amines) is 1. The summed E-state index contributed by atoms with van der Waals surface area (Å²) in [6.45, 7) is 4.32. The molecule has 1 atom stereocenters. The summed E-state index contributed by atoms with van der Waals surface area (Å²) < 4.78 is 22.7. The van der Waals surface area contributed by atoms with Crippen LogP contribution in [0.25, 0.3) is 0 Å². The molecular weight excluding hydrogens is 324 g/mol. The van der Waals surface area contributed by atoms with Gasteiger partial charge in [-0.15, -0.1) is 0 Å². The lowest BCUT2D eigenvalue weighted by atomic mass is 9.92. The maximum absolute atomic E-state index is 11.5. The number of rotatable bonds is 3. The summed E-state index contributed by atoms with van der Waals surface area (Å²) >= 11 is 0. The van der Waals surface area contributed by atoms with Crippen molar-refractivity contribution in [3.05, 3.63) is 17.7 Å². The minimum Gasteiger partial charge on any atom is -0.496 e. The second-order valence-corrected chi connectivity index (χ2v) is 6.90. The maximum atomic E-state index is 11.5. The Morgan fingerprint density at radius 3 is 2.76 bits per heavy atom. The molecule has 2 saturated heterocycles. The highest BCUT2D eigenvalue weighted by Crippen LogP contribution is 2.38. The first kappa shape index (κ1) is 16.3. The summed E-state index contributed by atoms with van der Waals surface area (Å²) in [5.41, 5.74) is 0.662. The summed E-state index contributed by atoms with van der Waals surface area (Å²) in [4.78, 5) is 13.8. The fraction of sp³-hybridized carbons (Fsp3) is 0.611. The summed E-state index contributed by atoms with van der Waals surface area (Å²) in [5, 5.41) is 2.79. The van der Waals surface area contributed by atoms with E-state index in [2.05, 4.69) is 10.2 Å². The Morgan fingerprint density at radius 2 is 2.04 bits per heavy atom. The van der Waals surface area contributed by atoms with Gasteiger partial charge in [-0.3, -0.25) is 4.90 Å². The number of methoxy groups -OCH3 is 1. The maximum Gasteiger partial charge on any atom is 0.407 e. The van der Waals surface area contributed by atoms with Crippen molar-refractivity contribution in [2.45, 2.75) is 31.4 Å². The fourth-order valence-electron chi connectivity index (χ4n) is 3.84. The van der Waals surface area contributed by atoms with Crippen molar-refractivity contribution >= 4 is 6.09 Å². The number of amides is 1. The molecule has 7 heteroatoms. The zero-order chi connectivity index (χ0) is 17.3. The predicted octanol–water partition coefficient (Wildman–Crippen LogP) is 1.93. The third-order valence-electron chi connectivity index (χ3n) is 5.03. The predicted molar refractivity (Wildman–Crippen MR) is 90.3 cm³/mol. The average molecular weight is 348 g/mol. The van der Waals surface area contributed by atoms with E-state index in [1.165, 1.54) is 0 Å². The van der Waals surface area contributed by atoms with Crippen LogP contribution in [0.15, 0.2) is 12.1 Å². The molecule has 1 N–H and O–H groups in total. The zero-order valence-electron chi connectivity index (χ0n) is 14.5. The van der Waals surface area contributed by atoms with Crippen molar-refractivity contribution in [2.24, 2.45) is 0 Å². The normalized spacial score (nSPS) is 26.0. The Labute approximate surface area is 147 Å². The van der Waals surface area contributed by atoms with Crippen LogP contribution in [0.5, 0.6) is 17.2 Å². The average Bonchev–Trinajstić information content (AvgIpc) is 2.82. The number of carbonyl (C=O) groups excluding carboxylic acids is 1. The molecule has 4 rings (SSSR count). The van der Waals surface area contributed by atoms with Crippen molar-refractivity contribution in [3.8, 4) is 17.2 Å². The topological polar surface area (TPSA) is 69.3 Å². The Kier molecular flexibility index (Phi) is 4.33. The zero-order valence-corrected chi connectivity index (χ0v) is 14.5. The highest BCUT2D eigenvalue weighted by atomic mass is 16.6. The molecule has 7 nitrogen and oxygen atoms in total. The molecule has 2 fully saturated rings. The van der Waals surface area contributed by atoms with Gasteiger partial charge in [-0.05, 0) is 25.5 Å². The number of hydrogen-bond acceptors (Lipinski definition) is 6. The molecule has 3 aliphatic heterocycles. The smallest absolute Gasteiger partial charge is 0.407 e. The van der Waals surface area contributed by atoms with Crippen molar-refractivity contribution in [1.82, 2.24) is 10.2 Å². The number of carbonyl (C=O) groups is 1. The molecule has 0 aromatic heterocycles. The van der Waals surface area contributed by atoms with Gasteiger partial charge in [0.25, 0.3) is 0 Å². The largest absolute Gasteiger partial charge is 0.496 e. The third kappa shape index (κ3) is 3.33. The second-order valence-electron chi connectivity index (χ2n) is 6.90. The summed E-state index contributed by atoms with van der Waals surface area (Å²) in [6.07, 6.45) is 2.47.